The standard InChI is InChI=1S/C7H10F4O/c1-2-7(11,6(9)10)5-12-4-3-8/h2,6H,1,3-5H2. The molecule has 1 nitrogen and oxygen atoms in total. The minimum Gasteiger partial charge on any atom is -0.375 e. The van der Waals surface area contributed by atoms with Gasteiger partial charge in [-0.2, -0.15) is 0 Å². The SMILES string of the molecule is C=CC(F)(COCCF)C(F)F. The maximum absolute atomic E-state index is 12.9. The molecule has 0 amide bonds. The van der Waals surface area contributed by atoms with Crippen molar-refractivity contribution in [2.75, 3.05) is 19.9 Å². The predicted octanol–water partition coefficient (Wildman–Crippen LogP) is 2.13. The molecule has 0 aliphatic heterocycles. The molecule has 0 aromatic rings. The van der Waals surface area contributed by atoms with E-state index in [4.69, 9.17) is 0 Å². The molecule has 5 heteroatoms. The molecule has 0 radical (unpaired) electrons. The molecule has 0 heterocycles. The molecule has 0 N–H and O–H groups in total. The van der Waals surface area contributed by atoms with Gasteiger partial charge < -0.3 is 4.74 Å². The summed E-state index contributed by atoms with van der Waals surface area (Å²) in [5, 5.41) is 0. The van der Waals surface area contributed by atoms with Gasteiger partial charge in [0.05, 0.1) is 13.2 Å². The minimum atomic E-state index is -3.20. The van der Waals surface area contributed by atoms with Crippen LogP contribution in [0, 0.1) is 0 Å². The van der Waals surface area contributed by atoms with Crippen LogP contribution in [0.4, 0.5) is 17.6 Å². The lowest BCUT2D eigenvalue weighted by Gasteiger charge is -2.19. The van der Waals surface area contributed by atoms with E-state index in [1.807, 2.05) is 0 Å². The zero-order valence-corrected chi connectivity index (χ0v) is 6.40. The van der Waals surface area contributed by atoms with Gasteiger partial charge in [0.1, 0.15) is 6.67 Å². The molecule has 1 unspecified atom stereocenters. The summed E-state index contributed by atoms with van der Waals surface area (Å²) in [6.45, 7) is 0.835. The average Bonchev–Trinajstić information content (AvgIpc) is 2.04. The van der Waals surface area contributed by atoms with Crippen molar-refractivity contribution in [1.29, 1.82) is 0 Å². The Kier molecular flexibility index (Phi) is 4.89. The fourth-order valence-corrected chi connectivity index (χ4v) is 0.494. The Morgan fingerprint density at radius 3 is 2.42 bits per heavy atom. The predicted molar refractivity (Wildman–Crippen MR) is 36.8 cm³/mol. The summed E-state index contributed by atoms with van der Waals surface area (Å²) in [6.07, 6.45) is -2.73. The number of ether oxygens (including phenoxy) is 1. The number of hydrogen-bond acceptors (Lipinski definition) is 1. The molecular formula is C7H10F4O. The first-order chi connectivity index (χ1) is 5.56. The van der Waals surface area contributed by atoms with E-state index in [1.54, 1.807) is 0 Å². The molecule has 0 aromatic heterocycles. The fourth-order valence-electron chi connectivity index (χ4n) is 0.494. The van der Waals surface area contributed by atoms with Crippen molar-refractivity contribution in [2.45, 2.75) is 12.1 Å². The third-order valence-corrected chi connectivity index (χ3v) is 1.25. The van der Waals surface area contributed by atoms with Crippen LogP contribution in [0.15, 0.2) is 12.7 Å². The summed E-state index contributed by atoms with van der Waals surface area (Å²) in [5.41, 5.74) is -2.87. The second-order valence-corrected chi connectivity index (χ2v) is 2.17. The third kappa shape index (κ3) is 3.21. The lowest BCUT2D eigenvalue weighted by atomic mass is 10.1. The molecule has 0 aliphatic carbocycles. The van der Waals surface area contributed by atoms with Crippen molar-refractivity contribution >= 4 is 0 Å². The zero-order chi connectivity index (χ0) is 9.61. The van der Waals surface area contributed by atoms with Crippen LogP contribution in [0.1, 0.15) is 0 Å². The maximum atomic E-state index is 12.9. The Morgan fingerprint density at radius 2 is 2.08 bits per heavy atom. The summed E-state index contributed by atoms with van der Waals surface area (Å²) >= 11 is 0. The van der Waals surface area contributed by atoms with Crippen LogP contribution < -0.4 is 0 Å². The Hall–Kier alpha value is -0.580. The molecule has 72 valence electrons. The maximum Gasteiger partial charge on any atom is 0.277 e. The number of rotatable bonds is 6. The summed E-state index contributed by atoms with van der Waals surface area (Å²) < 4.78 is 52.3. The van der Waals surface area contributed by atoms with Crippen molar-refractivity contribution in [3.05, 3.63) is 12.7 Å². The van der Waals surface area contributed by atoms with Crippen LogP contribution in [0.5, 0.6) is 0 Å². The normalized spacial score (nSPS) is 16.1. The highest BCUT2D eigenvalue weighted by Gasteiger charge is 2.37. The van der Waals surface area contributed by atoms with Crippen molar-refractivity contribution < 1.29 is 22.3 Å². The Bertz CT molecular complexity index is 139. The first-order valence-electron chi connectivity index (χ1n) is 3.31. The van der Waals surface area contributed by atoms with Gasteiger partial charge in [-0.3, -0.25) is 0 Å². The van der Waals surface area contributed by atoms with Gasteiger partial charge in [-0.1, -0.05) is 6.58 Å². The van der Waals surface area contributed by atoms with E-state index in [1.165, 1.54) is 0 Å². The number of alkyl halides is 4. The quantitative estimate of drug-likeness (QED) is 0.351. The van der Waals surface area contributed by atoms with Gasteiger partial charge >= 0.3 is 0 Å². The van der Waals surface area contributed by atoms with Crippen molar-refractivity contribution in [3.8, 4) is 0 Å². The summed E-state index contributed by atoms with van der Waals surface area (Å²) in [6, 6.07) is 0. The molecule has 0 saturated heterocycles. The van der Waals surface area contributed by atoms with E-state index in [-0.39, 0.29) is 6.61 Å². The molecule has 0 spiro atoms. The van der Waals surface area contributed by atoms with Crippen LogP contribution in [-0.2, 0) is 4.74 Å². The van der Waals surface area contributed by atoms with Gasteiger partial charge in [0, 0.05) is 0 Å². The van der Waals surface area contributed by atoms with Gasteiger partial charge in [-0.15, -0.1) is 0 Å². The van der Waals surface area contributed by atoms with E-state index in [9.17, 15) is 17.6 Å². The van der Waals surface area contributed by atoms with Crippen LogP contribution in [0.25, 0.3) is 0 Å². The highest BCUT2D eigenvalue weighted by molar-refractivity contribution is 4.98. The smallest absolute Gasteiger partial charge is 0.277 e. The molecule has 0 bridgehead atoms. The molecule has 0 aliphatic rings. The molecule has 0 rings (SSSR count). The van der Waals surface area contributed by atoms with Gasteiger partial charge in [0.2, 0.25) is 5.67 Å². The van der Waals surface area contributed by atoms with E-state index in [2.05, 4.69) is 11.3 Å². The Labute approximate surface area is 68.0 Å². The number of halogens is 4. The average molecular weight is 186 g/mol. The van der Waals surface area contributed by atoms with Crippen molar-refractivity contribution in [2.24, 2.45) is 0 Å². The van der Waals surface area contributed by atoms with E-state index >= 15 is 0 Å². The number of hydrogen-bond donors (Lipinski definition) is 0. The molecule has 0 saturated carbocycles. The summed E-state index contributed by atoms with van der Waals surface area (Å²) in [7, 11) is 0. The first-order valence-corrected chi connectivity index (χ1v) is 3.31. The van der Waals surface area contributed by atoms with Crippen LogP contribution >= 0.6 is 0 Å². The summed E-state index contributed by atoms with van der Waals surface area (Å²) in [5.74, 6) is 0. The van der Waals surface area contributed by atoms with Crippen molar-refractivity contribution in [3.63, 3.8) is 0 Å². The summed E-state index contributed by atoms with van der Waals surface area (Å²) in [4.78, 5) is 0. The van der Waals surface area contributed by atoms with Crippen LogP contribution in [0.3, 0.4) is 0 Å². The van der Waals surface area contributed by atoms with Crippen LogP contribution in [0.2, 0.25) is 0 Å². The Morgan fingerprint density at radius 1 is 1.50 bits per heavy atom. The van der Waals surface area contributed by atoms with Gasteiger partial charge in [0.25, 0.3) is 6.43 Å². The highest BCUT2D eigenvalue weighted by Crippen LogP contribution is 2.22. The molecule has 0 aromatic carbocycles. The first kappa shape index (κ1) is 11.4. The van der Waals surface area contributed by atoms with E-state index < -0.39 is 25.4 Å². The van der Waals surface area contributed by atoms with Gasteiger partial charge in [0.15, 0.2) is 0 Å². The lowest BCUT2D eigenvalue weighted by Crippen LogP contribution is -2.35. The van der Waals surface area contributed by atoms with E-state index in [0.717, 1.165) is 0 Å². The second-order valence-electron chi connectivity index (χ2n) is 2.17. The topological polar surface area (TPSA) is 9.23 Å². The lowest BCUT2D eigenvalue weighted by molar-refractivity contribution is -0.0581. The van der Waals surface area contributed by atoms with Gasteiger partial charge in [-0.25, -0.2) is 17.6 Å². The van der Waals surface area contributed by atoms with Crippen molar-refractivity contribution in [1.82, 2.24) is 0 Å². The molecule has 1 atom stereocenters. The van der Waals surface area contributed by atoms with Crippen LogP contribution in [-0.4, -0.2) is 32.0 Å². The monoisotopic (exact) mass is 186 g/mol. The fraction of sp³-hybridized carbons (Fsp3) is 0.714. The zero-order valence-electron chi connectivity index (χ0n) is 6.40. The van der Waals surface area contributed by atoms with E-state index in [0.29, 0.717) is 6.08 Å². The molecular weight excluding hydrogens is 176 g/mol. The molecule has 0 fully saturated rings. The highest BCUT2D eigenvalue weighted by atomic mass is 19.3. The minimum absolute atomic E-state index is 0.383. The molecule has 12 heavy (non-hydrogen) atoms. The third-order valence-electron chi connectivity index (χ3n) is 1.25. The van der Waals surface area contributed by atoms with Gasteiger partial charge in [-0.05, 0) is 6.08 Å². The largest absolute Gasteiger partial charge is 0.375 e. The Balaban J connectivity index is 3.88. The second kappa shape index (κ2) is 5.13.